The van der Waals surface area contributed by atoms with E-state index in [-0.39, 0.29) is 17.7 Å². The Bertz CT molecular complexity index is 625. The number of hydrogen-bond acceptors (Lipinski definition) is 2. The second kappa shape index (κ2) is 6.64. The molecular formula is C17H18ClNO2. The van der Waals surface area contributed by atoms with Gasteiger partial charge < -0.3 is 10.0 Å². The Hall–Kier alpha value is -2.00. The van der Waals surface area contributed by atoms with Crippen molar-refractivity contribution in [2.24, 2.45) is 0 Å². The Morgan fingerprint density at radius 3 is 2.38 bits per heavy atom. The minimum Gasteiger partial charge on any atom is -0.508 e. The van der Waals surface area contributed by atoms with Crippen LogP contribution < -0.4 is 0 Å². The van der Waals surface area contributed by atoms with E-state index in [1.165, 1.54) is 0 Å². The number of benzene rings is 2. The first-order chi connectivity index (χ1) is 10.0. The van der Waals surface area contributed by atoms with E-state index in [0.717, 1.165) is 11.1 Å². The normalized spacial score (nSPS) is 12.0. The Morgan fingerprint density at radius 1 is 1.19 bits per heavy atom. The van der Waals surface area contributed by atoms with E-state index in [0.29, 0.717) is 11.4 Å². The molecule has 2 aromatic carbocycles. The zero-order valence-corrected chi connectivity index (χ0v) is 12.8. The highest BCUT2D eigenvalue weighted by molar-refractivity contribution is 6.17. The number of hydrogen-bond donors (Lipinski definition) is 1. The van der Waals surface area contributed by atoms with Gasteiger partial charge in [-0.25, -0.2) is 0 Å². The van der Waals surface area contributed by atoms with Crippen LogP contribution in [-0.2, 0) is 5.88 Å². The number of carbonyl (C=O) groups is 1. The van der Waals surface area contributed by atoms with Crippen LogP contribution in [0.25, 0.3) is 0 Å². The highest BCUT2D eigenvalue weighted by Gasteiger charge is 2.20. The first-order valence-corrected chi connectivity index (χ1v) is 7.28. The van der Waals surface area contributed by atoms with Crippen molar-refractivity contribution in [1.82, 2.24) is 4.90 Å². The largest absolute Gasteiger partial charge is 0.508 e. The van der Waals surface area contributed by atoms with Gasteiger partial charge in [-0.3, -0.25) is 4.79 Å². The molecule has 0 spiro atoms. The molecule has 0 saturated heterocycles. The van der Waals surface area contributed by atoms with E-state index >= 15 is 0 Å². The lowest BCUT2D eigenvalue weighted by molar-refractivity contribution is 0.0741. The first kappa shape index (κ1) is 15.4. The fourth-order valence-electron chi connectivity index (χ4n) is 2.17. The number of aromatic hydroxyl groups is 1. The topological polar surface area (TPSA) is 40.5 Å². The Kier molecular flexibility index (Phi) is 4.86. The molecular weight excluding hydrogens is 286 g/mol. The van der Waals surface area contributed by atoms with Crippen molar-refractivity contribution in [3.05, 3.63) is 65.2 Å². The molecule has 2 rings (SSSR count). The summed E-state index contributed by atoms with van der Waals surface area (Å²) < 4.78 is 0. The summed E-state index contributed by atoms with van der Waals surface area (Å²) in [6.45, 7) is 1.89. The maximum absolute atomic E-state index is 12.5. The number of phenolic OH excluding ortho intramolecular Hbond substituents is 1. The van der Waals surface area contributed by atoms with Crippen molar-refractivity contribution in [1.29, 1.82) is 0 Å². The fourth-order valence-corrected chi connectivity index (χ4v) is 2.34. The smallest absolute Gasteiger partial charge is 0.254 e. The van der Waals surface area contributed by atoms with Gasteiger partial charge >= 0.3 is 0 Å². The predicted octanol–water partition coefficient (Wildman–Crippen LogP) is 3.96. The third kappa shape index (κ3) is 3.37. The molecule has 0 heterocycles. The fraction of sp³-hybridized carbons (Fsp3) is 0.235. The minimum atomic E-state index is -0.216. The van der Waals surface area contributed by atoms with E-state index in [2.05, 4.69) is 0 Å². The van der Waals surface area contributed by atoms with Gasteiger partial charge in [-0.15, -0.1) is 11.6 Å². The van der Waals surface area contributed by atoms with Crippen molar-refractivity contribution in [2.45, 2.75) is 18.8 Å². The summed E-state index contributed by atoms with van der Waals surface area (Å²) in [6, 6.07) is 14.1. The molecule has 0 aliphatic carbocycles. The summed E-state index contributed by atoms with van der Waals surface area (Å²) in [5.41, 5.74) is 2.31. The highest BCUT2D eigenvalue weighted by Crippen LogP contribution is 2.28. The number of para-hydroxylation sites is 1. The molecule has 4 heteroatoms. The van der Waals surface area contributed by atoms with Gasteiger partial charge in [-0.2, -0.15) is 0 Å². The van der Waals surface area contributed by atoms with Crippen LogP contribution >= 0.6 is 11.6 Å². The number of nitrogens with zero attached hydrogens (tertiary/aromatic N) is 1. The van der Waals surface area contributed by atoms with Crippen LogP contribution in [-0.4, -0.2) is 23.0 Å². The summed E-state index contributed by atoms with van der Waals surface area (Å²) in [7, 11) is 1.73. The van der Waals surface area contributed by atoms with E-state index < -0.39 is 0 Å². The molecule has 2 aromatic rings. The third-order valence-electron chi connectivity index (χ3n) is 3.64. The van der Waals surface area contributed by atoms with Crippen LogP contribution in [0.4, 0.5) is 0 Å². The maximum atomic E-state index is 12.5. The number of amides is 1. The molecule has 1 unspecified atom stereocenters. The molecule has 0 aromatic heterocycles. The van der Waals surface area contributed by atoms with Crippen LogP contribution in [0.2, 0.25) is 0 Å². The lowest BCUT2D eigenvalue weighted by atomic mass is 10.0. The second-order valence-corrected chi connectivity index (χ2v) is 5.25. The zero-order chi connectivity index (χ0) is 15.4. The van der Waals surface area contributed by atoms with Crippen molar-refractivity contribution in [3.8, 4) is 5.75 Å². The van der Waals surface area contributed by atoms with Crippen molar-refractivity contribution in [3.63, 3.8) is 0 Å². The summed E-state index contributed by atoms with van der Waals surface area (Å²) in [5, 5.41) is 9.90. The average molecular weight is 304 g/mol. The lowest BCUT2D eigenvalue weighted by Gasteiger charge is -2.26. The van der Waals surface area contributed by atoms with Crippen molar-refractivity contribution >= 4 is 17.5 Å². The van der Waals surface area contributed by atoms with Crippen molar-refractivity contribution < 1.29 is 9.90 Å². The molecule has 1 N–H and O–H groups in total. The van der Waals surface area contributed by atoms with Crippen LogP contribution in [0.5, 0.6) is 5.75 Å². The molecule has 0 aliphatic rings. The number of rotatable bonds is 4. The van der Waals surface area contributed by atoms with Gasteiger partial charge in [0.05, 0.1) is 6.04 Å². The molecule has 0 radical (unpaired) electrons. The van der Waals surface area contributed by atoms with Crippen molar-refractivity contribution in [2.75, 3.05) is 7.05 Å². The predicted molar refractivity (Wildman–Crippen MR) is 84.6 cm³/mol. The van der Waals surface area contributed by atoms with Gasteiger partial charge in [-0.05, 0) is 30.7 Å². The molecule has 0 saturated carbocycles. The lowest BCUT2D eigenvalue weighted by Crippen LogP contribution is -2.29. The summed E-state index contributed by atoms with van der Waals surface area (Å²) >= 11 is 5.75. The van der Waals surface area contributed by atoms with Gasteiger partial charge in [0.1, 0.15) is 5.75 Å². The van der Waals surface area contributed by atoms with Gasteiger partial charge in [0.2, 0.25) is 0 Å². The number of halogens is 1. The highest BCUT2D eigenvalue weighted by atomic mass is 35.5. The monoisotopic (exact) mass is 303 g/mol. The van der Waals surface area contributed by atoms with E-state index in [9.17, 15) is 9.90 Å². The molecule has 21 heavy (non-hydrogen) atoms. The Balaban J connectivity index is 2.20. The van der Waals surface area contributed by atoms with Crippen LogP contribution in [0.1, 0.15) is 34.5 Å². The quantitative estimate of drug-likeness (QED) is 0.868. The standard InChI is InChI=1S/C17H18ClNO2/c1-12(15-5-3-4-6-16(15)20)19(2)17(21)14-9-7-13(11-18)8-10-14/h3-10,12,20H,11H2,1-2H3. The number of alkyl halides is 1. The minimum absolute atomic E-state index is 0.0909. The van der Waals surface area contributed by atoms with Crippen LogP contribution in [0, 0.1) is 0 Å². The SMILES string of the molecule is CC(c1ccccc1O)N(C)C(=O)c1ccc(CCl)cc1. The zero-order valence-electron chi connectivity index (χ0n) is 12.1. The molecule has 1 amide bonds. The van der Waals surface area contributed by atoms with Crippen LogP contribution in [0.3, 0.4) is 0 Å². The van der Waals surface area contributed by atoms with Crippen LogP contribution in [0.15, 0.2) is 48.5 Å². The molecule has 110 valence electrons. The summed E-state index contributed by atoms with van der Waals surface area (Å²) in [6.07, 6.45) is 0. The Labute approximate surface area is 129 Å². The molecule has 3 nitrogen and oxygen atoms in total. The molecule has 0 aliphatic heterocycles. The average Bonchev–Trinajstić information content (AvgIpc) is 2.53. The van der Waals surface area contributed by atoms with E-state index in [1.807, 2.05) is 31.2 Å². The molecule has 1 atom stereocenters. The molecule has 0 bridgehead atoms. The maximum Gasteiger partial charge on any atom is 0.254 e. The second-order valence-electron chi connectivity index (χ2n) is 4.98. The van der Waals surface area contributed by atoms with E-state index in [4.69, 9.17) is 11.6 Å². The van der Waals surface area contributed by atoms with Gasteiger partial charge in [-0.1, -0.05) is 30.3 Å². The molecule has 0 fully saturated rings. The summed E-state index contributed by atoms with van der Waals surface area (Å²) in [4.78, 5) is 14.1. The third-order valence-corrected chi connectivity index (χ3v) is 3.95. The number of phenols is 1. The van der Waals surface area contributed by atoms with Gasteiger partial charge in [0.25, 0.3) is 5.91 Å². The van der Waals surface area contributed by atoms with E-state index in [1.54, 1.807) is 36.2 Å². The summed E-state index contributed by atoms with van der Waals surface area (Å²) in [5.74, 6) is 0.535. The van der Waals surface area contributed by atoms with Gasteiger partial charge in [0.15, 0.2) is 0 Å². The first-order valence-electron chi connectivity index (χ1n) is 6.74. The van der Waals surface area contributed by atoms with Gasteiger partial charge in [0, 0.05) is 24.1 Å². The number of carbonyl (C=O) groups excluding carboxylic acids is 1. The Morgan fingerprint density at radius 2 is 1.81 bits per heavy atom.